The van der Waals surface area contributed by atoms with Crippen LogP contribution in [-0.4, -0.2) is 49.7 Å². The maximum atomic E-state index is 13.2. The number of alkyl halides is 3. The molecule has 0 bridgehead atoms. The van der Waals surface area contributed by atoms with Gasteiger partial charge in [0.1, 0.15) is 0 Å². The fourth-order valence-corrected chi connectivity index (χ4v) is 4.29. The molecule has 1 heterocycles. The molecule has 0 aliphatic heterocycles. The number of thiazole rings is 1. The Morgan fingerprint density at radius 1 is 1.12 bits per heavy atom. The van der Waals surface area contributed by atoms with Gasteiger partial charge in [-0.05, 0) is 53.2 Å². The van der Waals surface area contributed by atoms with Crippen molar-refractivity contribution in [3.8, 4) is 5.75 Å². The number of esters is 2. The van der Waals surface area contributed by atoms with E-state index in [1.807, 2.05) is 0 Å². The fraction of sp³-hybridized carbons (Fsp3) is 0.550. The van der Waals surface area contributed by atoms with Gasteiger partial charge in [0.2, 0.25) is 5.01 Å². The number of hydrogen-bond donors (Lipinski definition) is 0. The van der Waals surface area contributed by atoms with Crippen LogP contribution in [0.15, 0.2) is 6.07 Å². The number of halogens is 3. The van der Waals surface area contributed by atoms with E-state index < -0.39 is 45.0 Å². The molecule has 1 atom stereocenters. The normalized spacial score (nSPS) is 13.6. The lowest BCUT2D eigenvalue weighted by Crippen LogP contribution is -2.31. The zero-order valence-corrected chi connectivity index (χ0v) is 20.9. The molecule has 9 nitrogen and oxygen atoms in total. The minimum absolute atomic E-state index is 0.00913. The Balaban J connectivity index is 2.90. The maximum Gasteiger partial charge on any atom is 0.534 e. The summed E-state index contributed by atoms with van der Waals surface area (Å²) in [6.45, 7) is 9.17. The second-order valence-corrected chi connectivity index (χ2v) is 10.4. The second kappa shape index (κ2) is 10.0. The van der Waals surface area contributed by atoms with Crippen molar-refractivity contribution in [3.63, 3.8) is 0 Å². The van der Waals surface area contributed by atoms with E-state index in [1.165, 1.54) is 19.9 Å². The predicted octanol–water partition coefficient (Wildman–Crippen LogP) is 4.43. The molecule has 14 heteroatoms. The van der Waals surface area contributed by atoms with Crippen molar-refractivity contribution in [2.75, 3.05) is 13.2 Å². The first-order chi connectivity index (χ1) is 15.5. The van der Waals surface area contributed by atoms with Crippen LogP contribution in [0.5, 0.6) is 5.75 Å². The quantitative estimate of drug-likeness (QED) is 0.279. The third kappa shape index (κ3) is 6.16. The van der Waals surface area contributed by atoms with Crippen molar-refractivity contribution in [1.29, 1.82) is 0 Å². The number of rotatable bonds is 8. The number of hydrogen-bond acceptors (Lipinski definition) is 10. The smallest absolute Gasteiger partial charge is 0.464 e. The van der Waals surface area contributed by atoms with Gasteiger partial charge in [0.15, 0.2) is 11.9 Å². The third-order valence-corrected chi connectivity index (χ3v) is 6.05. The van der Waals surface area contributed by atoms with Gasteiger partial charge in [-0.2, -0.15) is 21.6 Å². The van der Waals surface area contributed by atoms with Gasteiger partial charge in [-0.3, -0.25) is 0 Å². The third-order valence-electron chi connectivity index (χ3n) is 4.04. The van der Waals surface area contributed by atoms with Crippen molar-refractivity contribution >= 4 is 43.6 Å². The van der Waals surface area contributed by atoms with E-state index in [0.717, 1.165) is 0 Å². The Hall–Kier alpha value is -2.45. The molecule has 0 amide bonds. The second-order valence-electron chi connectivity index (χ2n) is 7.87. The molecule has 0 spiro atoms. The zero-order chi connectivity index (χ0) is 26.1. The zero-order valence-electron chi connectivity index (χ0n) is 19.2. The molecule has 0 N–H and O–H groups in total. The van der Waals surface area contributed by atoms with Crippen LogP contribution in [0.2, 0.25) is 0 Å². The minimum Gasteiger partial charge on any atom is -0.464 e. The maximum absolute atomic E-state index is 13.2. The lowest BCUT2D eigenvalue weighted by Gasteiger charge is -2.28. The van der Waals surface area contributed by atoms with Crippen LogP contribution in [-0.2, 0) is 29.1 Å². The van der Waals surface area contributed by atoms with Gasteiger partial charge in [-0.15, -0.1) is 11.3 Å². The molecule has 0 radical (unpaired) electrons. The average molecular weight is 528 g/mol. The molecule has 0 fully saturated rings. The van der Waals surface area contributed by atoms with Crippen LogP contribution in [0.25, 0.3) is 10.2 Å². The van der Waals surface area contributed by atoms with E-state index in [9.17, 15) is 31.2 Å². The molecule has 0 saturated carbocycles. The first kappa shape index (κ1) is 27.8. The molecule has 1 unspecified atom stereocenters. The molecule has 34 heavy (non-hydrogen) atoms. The lowest BCUT2D eigenvalue weighted by molar-refractivity contribution is -0.167. The highest BCUT2D eigenvalue weighted by Crippen LogP contribution is 2.44. The molecular formula is C20H24F3NO8S2. The van der Waals surface area contributed by atoms with Crippen molar-refractivity contribution in [1.82, 2.24) is 4.98 Å². The van der Waals surface area contributed by atoms with Crippen molar-refractivity contribution in [2.45, 2.75) is 58.8 Å². The number of fused-ring (bicyclic) bond motifs is 1. The Labute approximate surface area is 198 Å². The molecule has 1 aromatic carbocycles. The topological polar surface area (TPSA) is 118 Å². The SMILES string of the molecule is CCOC(=O)c1nc2cc(C)c(C(OC(C)(C)C)C(=O)OCC)c(OS(=O)(=O)C(F)(F)F)c2s1. The number of nitrogens with zero attached hydrogens (tertiary/aromatic N) is 1. The van der Waals surface area contributed by atoms with E-state index in [1.54, 1.807) is 27.7 Å². The summed E-state index contributed by atoms with van der Waals surface area (Å²) < 4.78 is 83.6. The monoisotopic (exact) mass is 527 g/mol. The van der Waals surface area contributed by atoms with Gasteiger partial charge in [-0.25, -0.2) is 14.6 Å². The number of aromatic nitrogens is 1. The standard InChI is InChI=1S/C20H24F3NO8S2/c1-7-29-17(25)14(31-19(4,5)6)12-10(3)9-11-15(33-16(24-11)18(26)30-8-2)13(12)32-34(27,28)20(21,22)23/h9,14H,7-8H2,1-6H3. The van der Waals surface area contributed by atoms with Crippen molar-refractivity contribution in [3.05, 3.63) is 22.2 Å². The molecule has 2 rings (SSSR count). The Morgan fingerprint density at radius 3 is 2.21 bits per heavy atom. The number of benzene rings is 1. The number of carbonyl (C=O) groups excluding carboxylic acids is 2. The lowest BCUT2D eigenvalue weighted by atomic mass is 10.0. The fourth-order valence-electron chi connectivity index (χ4n) is 2.82. The summed E-state index contributed by atoms with van der Waals surface area (Å²) in [5.74, 6) is -2.66. The Kier molecular flexibility index (Phi) is 8.21. The highest BCUT2D eigenvalue weighted by Gasteiger charge is 2.50. The van der Waals surface area contributed by atoms with E-state index in [-0.39, 0.29) is 39.6 Å². The molecular weight excluding hydrogens is 503 g/mol. The highest BCUT2D eigenvalue weighted by molar-refractivity contribution is 7.88. The van der Waals surface area contributed by atoms with E-state index in [4.69, 9.17) is 14.2 Å². The van der Waals surface area contributed by atoms with Crippen molar-refractivity contribution in [2.24, 2.45) is 0 Å². The number of aryl methyl sites for hydroxylation is 1. The first-order valence-electron chi connectivity index (χ1n) is 9.98. The summed E-state index contributed by atoms with van der Waals surface area (Å²) >= 11 is 0.556. The van der Waals surface area contributed by atoms with E-state index in [2.05, 4.69) is 9.17 Å². The van der Waals surface area contributed by atoms with Gasteiger partial charge in [-0.1, -0.05) is 0 Å². The van der Waals surface area contributed by atoms with E-state index >= 15 is 0 Å². The Morgan fingerprint density at radius 2 is 1.71 bits per heavy atom. The van der Waals surface area contributed by atoms with E-state index in [0.29, 0.717) is 11.3 Å². The van der Waals surface area contributed by atoms with Gasteiger partial charge < -0.3 is 18.4 Å². The van der Waals surface area contributed by atoms with Crippen molar-refractivity contribution < 1.29 is 49.6 Å². The van der Waals surface area contributed by atoms with Crippen LogP contribution in [0.4, 0.5) is 13.2 Å². The molecule has 0 saturated heterocycles. The summed E-state index contributed by atoms with van der Waals surface area (Å²) in [5.41, 5.74) is -6.96. The molecule has 0 aliphatic carbocycles. The molecule has 190 valence electrons. The molecule has 0 aliphatic rings. The largest absolute Gasteiger partial charge is 0.534 e. The summed E-state index contributed by atoms with van der Waals surface area (Å²) in [5, 5.41) is -0.243. The highest BCUT2D eigenvalue weighted by atomic mass is 32.2. The van der Waals surface area contributed by atoms with Gasteiger partial charge in [0, 0.05) is 5.56 Å². The average Bonchev–Trinajstić information content (AvgIpc) is 3.09. The van der Waals surface area contributed by atoms with Crippen LogP contribution < -0.4 is 4.18 Å². The van der Waals surface area contributed by atoms with Gasteiger partial charge >= 0.3 is 27.6 Å². The summed E-state index contributed by atoms with van der Waals surface area (Å²) in [6, 6.07) is 1.37. The van der Waals surface area contributed by atoms with Gasteiger partial charge in [0.25, 0.3) is 0 Å². The summed E-state index contributed by atoms with van der Waals surface area (Å²) in [7, 11) is -6.16. The first-order valence-corrected chi connectivity index (χ1v) is 12.2. The summed E-state index contributed by atoms with van der Waals surface area (Å²) in [4.78, 5) is 28.9. The van der Waals surface area contributed by atoms with Crippen LogP contribution >= 0.6 is 11.3 Å². The molecule has 1 aromatic heterocycles. The van der Waals surface area contributed by atoms with Crippen LogP contribution in [0, 0.1) is 6.92 Å². The Bertz CT molecular complexity index is 1180. The van der Waals surface area contributed by atoms with Crippen LogP contribution in [0.3, 0.4) is 0 Å². The van der Waals surface area contributed by atoms with Gasteiger partial charge in [0.05, 0.1) is 29.0 Å². The number of ether oxygens (including phenoxy) is 3. The number of carbonyl (C=O) groups is 2. The van der Waals surface area contributed by atoms with Crippen LogP contribution in [0.1, 0.15) is 61.7 Å². The minimum atomic E-state index is -6.16. The summed E-state index contributed by atoms with van der Waals surface area (Å²) in [6.07, 6.45) is -1.64. The molecule has 2 aromatic rings. The predicted molar refractivity (Wildman–Crippen MR) is 116 cm³/mol.